The van der Waals surface area contributed by atoms with E-state index in [2.05, 4.69) is 20.6 Å². The van der Waals surface area contributed by atoms with Gasteiger partial charge in [0, 0.05) is 32.0 Å². The summed E-state index contributed by atoms with van der Waals surface area (Å²) in [6.45, 7) is 2.02. The average Bonchev–Trinajstić information content (AvgIpc) is 2.85. The Balaban J connectivity index is 1.71. The van der Waals surface area contributed by atoms with E-state index in [1.54, 1.807) is 24.4 Å². The number of carbonyl (C=O) groups is 1. The second-order valence-corrected chi connectivity index (χ2v) is 8.17. The zero-order valence-electron chi connectivity index (χ0n) is 19.8. The number of carbonyl (C=O) groups excluding carboxylic acids is 1. The van der Waals surface area contributed by atoms with Gasteiger partial charge >= 0.3 is 6.03 Å². The molecule has 1 atom stereocenters. The van der Waals surface area contributed by atoms with E-state index in [1.807, 2.05) is 80.5 Å². The predicted molar refractivity (Wildman–Crippen MR) is 139 cm³/mol. The van der Waals surface area contributed by atoms with E-state index in [-0.39, 0.29) is 6.04 Å². The highest BCUT2D eigenvalue weighted by Gasteiger charge is 2.24. The quantitative estimate of drug-likeness (QED) is 0.335. The van der Waals surface area contributed by atoms with Crippen molar-refractivity contribution < 1.29 is 9.18 Å². The molecule has 2 N–H and O–H groups in total. The van der Waals surface area contributed by atoms with Gasteiger partial charge < -0.3 is 15.5 Å². The lowest BCUT2D eigenvalue weighted by Gasteiger charge is -2.27. The maximum Gasteiger partial charge on any atom is 0.332 e. The van der Waals surface area contributed by atoms with Gasteiger partial charge in [0.1, 0.15) is 11.6 Å². The van der Waals surface area contributed by atoms with Gasteiger partial charge in [-0.2, -0.15) is 4.98 Å². The van der Waals surface area contributed by atoms with Crippen LogP contribution in [-0.2, 0) is 0 Å². The predicted octanol–water partition coefficient (Wildman–Crippen LogP) is 6.23. The Hall–Kier alpha value is -4.46. The molecule has 178 valence electrons. The zero-order valence-corrected chi connectivity index (χ0v) is 19.8. The van der Waals surface area contributed by atoms with Crippen molar-refractivity contribution in [2.75, 3.05) is 34.5 Å². The molecule has 0 unspecified atom stereocenters. The minimum atomic E-state index is -0.481. The number of hydrogen-bond acceptors (Lipinski definition) is 5. The molecule has 0 bridgehead atoms. The summed E-state index contributed by atoms with van der Waals surface area (Å²) < 4.78 is 13.7. The molecule has 0 fully saturated rings. The van der Waals surface area contributed by atoms with Crippen molar-refractivity contribution in [1.29, 1.82) is 0 Å². The molecule has 0 spiro atoms. The van der Waals surface area contributed by atoms with Crippen LogP contribution in [0.4, 0.5) is 38.0 Å². The van der Waals surface area contributed by atoms with Crippen molar-refractivity contribution in [3.63, 3.8) is 0 Å². The van der Waals surface area contributed by atoms with Gasteiger partial charge in [-0.25, -0.2) is 19.1 Å². The number of anilines is 5. The van der Waals surface area contributed by atoms with Crippen LogP contribution in [0.5, 0.6) is 0 Å². The molecule has 0 aliphatic carbocycles. The molecule has 4 rings (SSSR count). The molecule has 7 nitrogen and oxygen atoms in total. The van der Waals surface area contributed by atoms with Crippen molar-refractivity contribution >= 4 is 34.9 Å². The van der Waals surface area contributed by atoms with Crippen LogP contribution in [0, 0.1) is 5.82 Å². The molecule has 3 aromatic carbocycles. The van der Waals surface area contributed by atoms with Crippen molar-refractivity contribution in [2.24, 2.45) is 0 Å². The summed E-state index contributed by atoms with van der Waals surface area (Å²) in [6.07, 6.45) is 1.60. The van der Waals surface area contributed by atoms with Crippen LogP contribution in [0.15, 0.2) is 91.1 Å². The first kappa shape index (κ1) is 23.7. The number of halogens is 1. The van der Waals surface area contributed by atoms with Crippen LogP contribution in [0.2, 0.25) is 0 Å². The van der Waals surface area contributed by atoms with E-state index in [9.17, 15) is 9.18 Å². The fourth-order valence-corrected chi connectivity index (χ4v) is 3.68. The molecule has 0 aliphatic heterocycles. The smallest absolute Gasteiger partial charge is 0.332 e. The lowest BCUT2D eigenvalue weighted by Crippen LogP contribution is -2.33. The maximum absolute atomic E-state index is 13.7. The van der Waals surface area contributed by atoms with Crippen molar-refractivity contribution in [2.45, 2.75) is 13.0 Å². The lowest BCUT2D eigenvalue weighted by molar-refractivity contribution is 0.259. The molecule has 1 aromatic heterocycles. The molecule has 35 heavy (non-hydrogen) atoms. The topological polar surface area (TPSA) is 73.4 Å². The molecule has 0 aliphatic rings. The Morgan fingerprint density at radius 1 is 0.914 bits per heavy atom. The van der Waals surface area contributed by atoms with Crippen molar-refractivity contribution in [3.05, 3.63) is 103 Å². The fraction of sp³-hybridized carbons (Fsp3) is 0.148. The van der Waals surface area contributed by atoms with E-state index >= 15 is 0 Å². The van der Waals surface area contributed by atoms with Crippen LogP contribution in [0.3, 0.4) is 0 Å². The summed E-state index contributed by atoms with van der Waals surface area (Å²) in [5, 5.41) is 6.08. The third-order valence-corrected chi connectivity index (χ3v) is 5.40. The van der Waals surface area contributed by atoms with Crippen molar-refractivity contribution in [1.82, 2.24) is 9.97 Å². The van der Waals surface area contributed by atoms with E-state index in [4.69, 9.17) is 0 Å². The average molecular weight is 471 g/mol. The van der Waals surface area contributed by atoms with E-state index in [1.165, 1.54) is 17.0 Å². The van der Waals surface area contributed by atoms with Gasteiger partial charge in [0.15, 0.2) is 0 Å². The number of para-hydroxylation sites is 2. The molecule has 4 aromatic rings. The molecule has 0 saturated heterocycles. The lowest BCUT2D eigenvalue weighted by atomic mass is 10.1. The highest BCUT2D eigenvalue weighted by molar-refractivity contribution is 6.08. The van der Waals surface area contributed by atoms with Crippen LogP contribution >= 0.6 is 0 Å². The number of rotatable bonds is 7. The summed E-state index contributed by atoms with van der Waals surface area (Å²) in [4.78, 5) is 25.9. The number of hydrogen-bond donors (Lipinski definition) is 2. The number of nitrogens with zero attached hydrogens (tertiary/aromatic N) is 4. The maximum atomic E-state index is 13.7. The second-order valence-electron chi connectivity index (χ2n) is 8.17. The number of urea groups is 1. The Morgan fingerprint density at radius 3 is 2.34 bits per heavy atom. The normalized spacial score (nSPS) is 11.4. The molecule has 0 radical (unpaired) electrons. The van der Waals surface area contributed by atoms with Gasteiger partial charge in [-0.05, 0) is 42.8 Å². The molecule has 1 heterocycles. The largest absolute Gasteiger partial charge is 0.376 e. The number of amides is 2. The fourth-order valence-electron chi connectivity index (χ4n) is 3.68. The van der Waals surface area contributed by atoms with Gasteiger partial charge in [0.2, 0.25) is 5.95 Å². The highest BCUT2D eigenvalue weighted by atomic mass is 19.1. The SMILES string of the molecule is C[C@H](Nc1nccc(N(C(=O)Nc2cccc(F)c2)c2ccccc2N(C)C)n1)c1ccccc1. The minimum Gasteiger partial charge on any atom is -0.376 e. The van der Waals surface area contributed by atoms with Crippen LogP contribution in [-0.4, -0.2) is 30.1 Å². The Bertz CT molecular complexity index is 1300. The summed E-state index contributed by atoms with van der Waals surface area (Å²) in [6, 6.07) is 24.3. The van der Waals surface area contributed by atoms with Crippen LogP contribution < -0.4 is 20.4 Å². The highest BCUT2D eigenvalue weighted by Crippen LogP contribution is 2.34. The Morgan fingerprint density at radius 2 is 1.63 bits per heavy atom. The van der Waals surface area contributed by atoms with E-state index < -0.39 is 11.8 Å². The molecule has 8 heteroatoms. The number of benzene rings is 3. The Labute approximate surface area is 204 Å². The van der Waals surface area contributed by atoms with Crippen LogP contribution in [0.25, 0.3) is 0 Å². The summed E-state index contributed by atoms with van der Waals surface area (Å²) in [5.41, 5.74) is 2.85. The third-order valence-electron chi connectivity index (χ3n) is 5.40. The van der Waals surface area contributed by atoms with E-state index in [0.29, 0.717) is 23.1 Å². The molecular weight excluding hydrogens is 443 g/mol. The number of aromatic nitrogens is 2. The first-order chi connectivity index (χ1) is 16.9. The van der Waals surface area contributed by atoms with E-state index in [0.717, 1.165) is 11.3 Å². The summed E-state index contributed by atoms with van der Waals surface area (Å²) in [5.74, 6) is 0.308. The Kier molecular flexibility index (Phi) is 7.21. The first-order valence-electron chi connectivity index (χ1n) is 11.2. The van der Waals surface area contributed by atoms with Crippen molar-refractivity contribution in [3.8, 4) is 0 Å². The van der Waals surface area contributed by atoms with Crippen LogP contribution in [0.1, 0.15) is 18.5 Å². The molecular formula is C27H27FN6O. The van der Waals surface area contributed by atoms with Gasteiger partial charge in [0.25, 0.3) is 0 Å². The summed E-state index contributed by atoms with van der Waals surface area (Å²) in [7, 11) is 3.80. The van der Waals surface area contributed by atoms with Gasteiger partial charge in [-0.3, -0.25) is 0 Å². The first-order valence-corrected chi connectivity index (χ1v) is 11.2. The third kappa shape index (κ3) is 5.73. The zero-order chi connectivity index (χ0) is 24.8. The van der Waals surface area contributed by atoms with Gasteiger partial charge in [-0.15, -0.1) is 0 Å². The molecule has 2 amide bonds. The minimum absolute atomic E-state index is 0.0462. The standard InChI is InChI=1S/C27H27FN6O/c1-19(20-10-5-4-6-11-20)30-26-29-17-16-25(32-26)34(24-15-8-7-14-23(24)33(2)3)27(35)31-22-13-9-12-21(28)18-22/h4-19H,1-3H3,(H,31,35)(H,29,30,32)/t19-/m0/s1. The monoisotopic (exact) mass is 470 g/mol. The number of nitrogens with one attached hydrogen (secondary N) is 2. The summed E-state index contributed by atoms with van der Waals surface area (Å²) >= 11 is 0. The van der Waals surface area contributed by atoms with Gasteiger partial charge in [0.05, 0.1) is 17.4 Å². The molecule has 0 saturated carbocycles. The van der Waals surface area contributed by atoms with Gasteiger partial charge in [-0.1, -0.05) is 48.5 Å². The second kappa shape index (κ2) is 10.6.